The Morgan fingerprint density at radius 2 is 1.68 bits per heavy atom. The van der Waals surface area contributed by atoms with Crippen molar-refractivity contribution in [1.82, 2.24) is 9.88 Å². The highest BCUT2D eigenvalue weighted by Gasteiger charge is 2.26. The minimum absolute atomic E-state index is 0.0366. The molecule has 31 heavy (non-hydrogen) atoms. The summed E-state index contributed by atoms with van der Waals surface area (Å²) in [4.78, 5) is 25.3. The summed E-state index contributed by atoms with van der Waals surface area (Å²) in [7, 11) is -2.44. The zero-order chi connectivity index (χ0) is 22.6. The number of sulfone groups is 1. The van der Waals surface area contributed by atoms with E-state index in [4.69, 9.17) is 4.74 Å². The second kappa shape index (κ2) is 9.18. The van der Waals surface area contributed by atoms with Crippen molar-refractivity contribution in [3.63, 3.8) is 0 Å². The zero-order valence-electron chi connectivity index (χ0n) is 17.6. The molecule has 0 unspecified atom stereocenters. The van der Waals surface area contributed by atoms with Gasteiger partial charge in [0.1, 0.15) is 17.2 Å². The first kappa shape index (κ1) is 22.3. The third-order valence-electron chi connectivity index (χ3n) is 4.92. The highest BCUT2D eigenvalue weighted by atomic mass is 32.2. The molecule has 8 heteroatoms. The number of rotatable bonds is 7. The number of hydrogen-bond donors (Lipinski definition) is 1. The number of ether oxygens (including phenoxy) is 1. The molecule has 0 fully saturated rings. The lowest BCUT2D eigenvalue weighted by Gasteiger charge is -2.15. The Hall–Kier alpha value is -3.39. The summed E-state index contributed by atoms with van der Waals surface area (Å²) in [6, 6.07) is 16.6. The molecule has 1 N–H and O–H groups in total. The van der Waals surface area contributed by atoms with Crippen molar-refractivity contribution < 1.29 is 17.9 Å². The Bertz CT molecular complexity index is 1250. The van der Waals surface area contributed by atoms with Crippen LogP contribution in [0.3, 0.4) is 0 Å². The van der Waals surface area contributed by atoms with Gasteiger partial charge in [0.05, 0.1) is 12.0 Å². The molecule has 0 aliphatic carbocycles. The molecule has 0 saturated heterocycles. The fourth-order valence-electron chi connectivity index (χ4n) is 3.29. The molecule has 1 aromatic heterocycles. The Morgan fingerprint density at radius 3 is 2.29 bits per heavy atom. The van der Waals surface area contributed by atoms with Crippen LogP contribution in [0, 0.1) is 13.8 Å². The fraction of sp³-hybridized carbons (Fsp3) is 0.217. The van der Waals surface area contributed by atoms with Gasteiger partial charge < -0.3 is 14.6 Å². The topological polar surface area (TPSA) is 94.5 Å². The normalized spacial score (nSPS) is 11.2. The molecule has 1 heterocycles. The van der Waals surface area contributed by atoms with Gasteiger partial charge in [-0.3, -0.25) is 9.59 Å². The number of aryl methyl sites for hydroxylation is 2. The largest absolute Gasteiger partial charge is 0.497 e. The van der Waals surface area contributed by atoms with Gasteiger partial charge in [0, 0.05) is 12.2 Å². The van der Waals surface area contributed by atoms with Crippen LogP contribution in [-0.2, 0) is 27.7 Å². The first-order valence-corrected chi connectivity index (χ1v) is 11.1. The van der Waals surface area contributed by atoms with Gasteiger partial charge in [0.25, 0.3) is 5.56 Å². The number of hydrogen-bond acceptors (Lipinski definition) is 5. The van der Waals surface area contributed by atoms with Crippen molar-refractivity contribution in [2.24, 2.45) is 0 Å². The summed E-state index contributed by atoms with van der Waals surface area (Å²) in [5, 5.41) is 2.75. The molecule has 7 nitrogen and oxygen atoms in total. The van der Waals surface area contributed by atoms with E-state index < -0.39 is 21.3 Å². The van der Waals surface area contributed by atoms with E-state index in [9.17, 15) is 18.0 Å². The molecule has 0 radical (unpaired) electrons. The average Bonchev–Trinajstić information content (AvgIpc) is 2.76. The van der Waals surface area contributed by atoms with Crippen LogP contribution in [-0.4, -0.2) is 26.0 Å². The molecule has 2 aromatic carbocycles. The number of nitrogens with zero attached hydrogens (tertiary/aromatic N) is 1. The van der Waals surface area contributed by atoms with Crippen molar-refractivity contribution in [3.05, 3.63) is 87.8 Å². The first-order valence-electron chi connectivity index (χ1n) is 9.65. The summed E-state index contributed by atoms with van der Waals surface area (Å²) in [6.45, 7) is 3.25. The standard InChI is InChI=1S/C23H24N2O5S/c1-16-13-17(2)25(15-21(26)24-14-18-9-11-19(30-3)12-10-18)23(27)22(16)31(28,29)20-7-5-4-6-8-20/h4-13H,14-15H2,1-3H3,(H,24,26). The van der Waals surface area contributed by atoms with E-state index in [1.54, 1.807) is 57.4 Å². The Balaban J connectivity index is 1.85. The lowest BCUT2D eigenvalue weighted by molar-refractivity contribution is -0.121. The fourth-order valence-corrected chi connectivity index (χ4v) is 4.87. The third-order valence-corrected chi connectivity index (χ3v) is 6.85. The zero-order valence-corrected chi connectivity index (χ0v) is 18.4. The van der Waals surface area contributed by atoms with Gasteiger partial charge in [-0.25, -0.2) is 8.42 Å². The monoisotopic (exact) mass is 440 g/mol. The number of pyridine rings is 1. The maximum Gasteiger partial charge on any atom is 0.270 e. The van der Waals surface area contributed by atoms with Crippen LogP contribution in [0.1, 0.15) is 16.8 Å². The van der Waals surface area contributed by atoms with Gasteiger partial charge in [-0.2, -0.15) is 0 Å². The summed E-state index contributed by atoms with van der Waals surface area (Å²) in [5.74, 6) is 0.317. The van der Waals surface area contributed by atoms with E-state index in [2.05, 4.69) is 5.32 Å². The van der Waals surface area contributed by atoms with Crippen LogP contribution in [0.4, 0.5) is 0 Å². The van der Waals surface area contributed by atoms with Gasteiger partial charge in [-0.05, 0) is 55.3 Å². The summed E-state index contributed by atoms with van der Waals surface area (Å²) in [6.07, 6.45) is 0. The minimum atomic E-state index is -4.01. The summed E-state index contributed by atoms with van der Waals surface area (Å²) >= 11 is 0. The Kier molecular flexibility index (Phi) is 6.60. The van der Waals surface area contributed by atoms with Crippen LogP contribution in [0.2, 0.25) is 0 Å². The molecular weight excluding hydrogens is 416 g/mol. The highest BCUT2D eigenvalue weighted by molar-refractivity contribution is 7.91. The van der Waals surface area contributed by atoms with E-state index in [0.717, 1.165) is 5.56 Å². The smallest absolute Gasteiger partial charge is 0.270 e. The molecule has 162 valence electrons. The second-order valence-corrected chi connectivity index (χ2v) is 9.02. The summed E-state index contributed by atoms with van der Waals surface area (Å²) < 4.78 is 32.4. The molecule has 0 spiro atoms. The van der Waals surface area contributed by atoms with Gasteiger partial charge >= 0.3 is 0 Å². The third kappa shape index (κ3) is 4.86. The summed E-state index contributed by atoms with van der Waals surface area (Å²) in [5.41, 5.74) is 1.02. The number of amides is 1. The van der Waals surface area contributed by atoms with E-state index in [1.807, 2.05) is 12.1 Å². The highest BCUT2D eigenvalue weighted by Crippen LogP contribution is 2.21. The number of nitrogens with one attached hydrogen (secondary N) is 1. The van der Waals surface area contributed by atoms with Crippen molar-refractivity contribution >= 4 is 15.7 Å². The maximum atomic E-state index is 13.1. The van der Waals surface area contributed by atoms with Crippen molar-refractivity contribution in [3.8, 4) is 5.75 Å². The molecule has 0 bridgehead atoms. The van der Waals surface area contributed by atoms with Gasteiger partial charge in [-0.1, -0.05) is 30.3 Å². The first-order chi connectivity index (χ1) is 14.7. The molecule has 0 aliphatic heterocycles. The Morgan fingerprint density at radius 1 is 1.03 bits per heavy atom. The average molecular weight is 441 g/mol. The number of methoxy groups -OCH3 is 1. The van der Waals surface area contributed by atoms with E-state index in [-0.39, 0.29) is 22.9 Å². The molecular formula is C23H24N2O5S. The predicted octanol–water partition coefficient (Wildman–Crippen LogP) is 2.62. The van der Waals surface area contributed by atoms with Crippen molar-refractivity contribution in [2.75, 3.05) is 7.11 Å². The van der Waals surface area contributed by atoms with Crippen LogP contribution in [0.25, 0.3) is 0 Å². The van der Waals surface area contributed by atoms with Crippen LogP contribution in [0.15, 0.2) is 75.2 Å². The van der Waals surface area contributed by atoms with Gasteiger partial charge in [-0.15, -0.1) is 0 Å². The Labute approximate surface area is 181 Å². The number of benzene rings is 2. The molecule has 0 atom stereocenters. The van der Waals surface area contributed by atoms with Crippen LogP contribution < -0.4 is 15.6 Å². The van der Waals surface area contributed by atoms with Gasteiger partial charge in [0.2, 0.25) is 15.7 Å². The van der Waals surface area contributed by atoms with E-state index in [0.29, 0.717) is 17.0 Å². The minimum Gasteiger partial charge on any atom is -0.497 e. The maximum absolute atomic E-state index is 13.1. The number of aromatic nitrogens is 1. The van der Waals surface area contributed by atoms with E-state index >= 15 is 0 Å². The SMILES string of the molecule is COc1ccc(CNC(=O)Cn2c(C)cc(C)c(S(=O)(=O)c3ccccc3)c2=O)cc1. The number of carbonyl (C=O) groups is 1. The quantitative estimate of drug-likeness (QED) is 0.610. The molecule has 0 aliphatic rings. The molecule has 0 saturated carbocycles. The van der Waals surface area contributed by atoms with Crippen molar-refractivity contribution in [1.29, 1.82) is 0 Å². The van der Waals surface area contributed by atoms with Crippen LogP contribution in [0.5, 0.6) is 5.75 Å². The lowest BCUT2D eigenvalue weighted by atomic mass is 10.2. The molecule has 3 rings (SSSR count). The second-order valence-electron chi connectivity index (χ2n) is 7.13. The van der Waals surface area contributed by atoms with Gasteiger partial charge in [0.15, 0.2) is 0 Å². The predicted molar refractivity (Wildman–Crippen MR) is 117 cm³/mol. The molecule has 3 aromatic rings. The van der Waals surface area contributed by atoms with Crippen LogP contribution >= 0.6 is 0 Å². The van der Waals surface area contributed by atoms with Crippen molar-refractivity contribution in [2.45, 2.75) is 36.7 Å². The molecule has 1 amide bonds. The number of carbonyl (C=O) groups excluding carboxylic acids is 1. The van der Waals surface area contributed by atoms with E-state index in [1.165, 1.54) is 16.7 Å². The lowest BCUT2D eigenvalue weighted by Crippen LogP contribution is -2.35.